The second-order valence-electron chi connectivity index (χ2n) is 6.47. The van der Waals surface area contributed by atoms with Crippen LogP contribution in [0.4, 0.5) is 0 Å². The molecule has 30 heavy (non-hydrogen) atoms. The number of aryl methyl sites for hydroxylation is 1. The van der Waals surface area contributed by atoms with E-state index in [1.165, 1.54) is 0 Å². The Bertz CT molecular complexity index is 1130. The average molecular weight is 427 g/mol. The maximum absolute atomic E-state index is 10.7. The minimum Gasteiger partial charge on any atom is -0.508 e. The van der Waals surface area contributed by atoms with Crippen molar-refractivity contribution in [3.63, 3.8) is 0 Å². The first-order chi connectivity index (χ1) is 18.7. The second kappa shape index (κ2) is 15.0. The quantitative estimate of drug-likeness (QED) is 0.304. The van der Waals surface area contributed by atoms with Crippen molar-refractivity contribution < 1.29 is 35.1 Å². The van der Waals surface area contributed by atoms with Gasteiger partial charge in [0, 0.05) is 36.2 Å². The molecule has 0 aliphatic carbocycles. The highest BCUT2D eigenvalue weighted by Gasteiger charge is 2.09. The molecular formula is C25H37NO4. The van der Waals surface area contributed by atoms with Crippen molar-refractivity contribution in [2.75, 3.05) is 26.2 Å². The lowest BCUT2D eigenvalue weighted by atomic mass is 10.1. The summed E-state index contributed by atoms with van der Waals surface area (Å²) in [6.07, 6.45) is -8.83. The van der Waals surface area contributed by atoms with Crippen molar-refractivity contribution >= 4 is 0 Å². The molecule has 0 radical (unpaired) electrons. The first kappa shape index (κ1) is 12.8. The van der Waals surface area contributed by atoms with E-state index < -0.39 is 63.4 Å². The molecule has 2 aromatic carbocycles. The van der Waals surface area contributed by atoms with E-state index in [9.17, 15) is 15.3 Å². The molecule has 4 N–H and O–H groups in total. The topological polar surface area (TPSA) is 82.0 Å². The molecule has 0 heterocycles. The van der Waals surface area contributed by atoms with Gasteiger partial charge in [-0.05, 0) is 61.8 Å². The van der Waals surface area contributed by atoms with Gasteiger partial charge in [0.1, 0.15) is 5.75 Å². The molecule has 1 atom stereocenters. The predicted octanol–water partition coefficient (Wildman–Crippen LogP) is 4.11. The van der Waals surface area contributed by atoms with Crippen LogP contribution < -0.4 is 5.32 Å². The number of ether oxygens (including phenoxy) is 1. The third-order valence-corrected chi connectivity index (χ3v) is 4.18. The Morgan fingerprint density at radius 1 is 1.03 bits per heavy atom. The molecule has 0 spiro atoms. The number of aliphatic hydroxyl groups is 2. The number of rotatable bonds is 16. The lowest BCUT2D eigenvalue weighted by molar-refractivity contribution is 0.126. The molecule has 166 valence electrons. The highest BCUT2D eigenvalue weighted by atomic mass is 16.5. The summed E-state index contributed by atoms with van der Waals surface area (Å²) in [7, 11) is 0. The van der Waals surface area contributed by atoms with Crippen LogP contribution in [-0.4, -0.2) is 41.5 Å². The fraction of sp³-hybridized carbons (Fsp3) is 0.520. The number of aromatic hydroxyl groups is 1. The first-order valence-corrected chi connectivity index (χ1v) is 9.82. The average Bonchev–Trinajstić information content (AvgIpc) is 2.87. The molecule has 0 aliphatic rings. The van der Waals surface area contributed by atoms with Gasteiger partial charge in [0.25, 0.3) is 0 Å². The summed E-state index contributed by atoms with van der Waals surface area (Å²) in [5.74, 6) is -0.377. The first-order valence-electron chi connectivity index (χ1n) is 15.3. The van der Waals surface area contributed by atoms with E-state index in [2.05, 4.69) is 0 Å². The second-order valence-corrected chi connectivity index (χ2v) is 6.47. The van der Waals surface area contributed by atoms with Crippen LogP contribution in [-0.2, 0) is 17.8 Å². The van der Waals surface area contributed by atoms with Gasteiger partial charge in [-0.15, -0.1) is 0 Å². The molecule has 2 aromatic rings. The van der Waals surface area contributed by atoms with E-state index in [1.807, 2.05) is 30.3 Å². The van der Waals surface area contributed by atoms with Crippen LogP contribution in [0.1, 0.15) is 76.3 Å². The van der Waals surface area contributed by atoms with E-state index in [-0.39, 0.29) is 17.9 Å². The van der Waals surface area contributed by atoms with Crippen LogP contribution in [0.5, 0.6) is 5.75 Å². The summed E-state index contributed by atoms with van der Waals surface area (Å²) in [5, 5.41) is 31.4. The predicted molar refractivity (Wildman–Crippen MR) is 121 cm³/mol. The molecule has 0 saturated heterocycles. The largest absolute Gasteiger partial charge is 0.508 e. The lowest BCUT2D eigenvalue weighted by Crippen LogP contribution is -2.22. The molecule has 0 amide bonds. The van der Waals surface area contributed by atoms with Gasteiger partial charge in [-0.2, -0.15) is 0 Å². The number of nitrogens with one attached hydrogen (secondary N) is 1. The fourth-order valence-electron chi connectivity index (χ4n) is 2.55. The zero-order valence-corrected chi connectivity index (χ0v) is 16.8. The maximum Gasteiger partial charge on any atom is 0.121 e. The fourth-order valence-corrected chi connectivity index (χ4v) is 2.55. The molecule has 1 unspecified atom stereocenters. The summed E-state index contributed by atoms with van der Waals surface area (Å²) in [4.78, 5) is 0. The van der Waals surface area contributed by atoms with Gasteiger partial charge in [0.05, 0.1) is 16.8 Å². The normalized spacial score (nSPS) is 21.1. The van der Waals surface area contributed by atoms with Crippen molar-refractivity contribution in [2.24, 2.45) is 0 Å². The maximum atomic E-state index is 10.7. The number of phenols is 1. The van der Waals surface area contributed by atoms with Crippen LogP contribution in [0.25, 0.3) is 0 Å². The number of hydrogen-bond donors (Lipinski definition) is 4. The summed E-state index contributed by atoms with van der Waals surface area (Å²) >= 11 is 0. The zero-order valence-electron chi connectivity index (χ0n) is 27.8. The van der Waals surface area contributed by atoms with Crippen molar-refractivity contribution in [1.82, 2.24) is 5.32 Å². The van der Waals surface area contributed by atoms with Gasteiger partial charge < -0.3 is 25.4 Å². The molecule has 0 aromatic heterocycles. The van der Waals surface area contributed by atoms with Crippen molar-refractivity contribution in [1.29, 1.82) is 0 Å². The van der Waals surface area contributed by atoms with Gasteiger partial charge in [-0.1, -0.05) is 49.2 Å². The molecule has 5 heteroatoms. The Morgan fingerprint density at radius 2 is 1.83 bits per heavy atom. The Balaban J connectivity index is 2.03. The van der Waals surface area contributed by atoms with Crippen LogP contribution in [0, 0.1) is 0 Å². The van der Waals surface area contributed by atoms with Crippen LogP contribution >= 0.6 is 0 Å². The lowest BCUT2D eigenvalue weighted by Gasteiger charge is -2.14. The van der Waals surface area contributed by atoms with E-state index >= 15 is 0 Å². The molecule has 0 saturated carbocycles. The standard InChI is InChI=1S/C25H37NO4/c27-20-23-18-22(13-14-24(23)28)25(29)19-26-15-7-1-2-8-16-30-17-9-6-12-21-10-4-3-5-11-21/h3-5,10-11,13-14,18,25-29H,1-2,6-9,12,15-17,19-20H2/i7D2,8D2,15D2,16D2,19D2,25D. The molecule has 0 fully saturated rings. The Morgan fingerprint density at radius 3 is 2.63 bits per heavy atom. The van der Waals surface area contributed by atoms with E-state index in [4.69, 9.17) is 19.8 Å². The van der Waals surface area contributed by atoms with Gasteiger partial charge >= 0.3 is 0 Å². The Kier molecular flexibility index (Phi) is 6.40. The monoisotopic (exact) mass is 426 g/mol. The van der Waals surface area contributed by atoms with Gasteiger partial charge in [0.2, 0.25) is 0 Å². The number of unbranched alkanes of at least 4 members (excludes halogenated alkanes) is 1. The van der Waals surface area contributed by atoms with Gasteiger partial charge in [0.15, 0.2) is 0 Å². The summed E-state index contributed by atoms with van der Waals surface area (Å²) in [6.45, 7) is -10.2. The van der Waals surface area contributed by atoms with Crippen LogP contribution in [0.3, 0.4) is 0 Å². The highest BCUT2D eigenvalue weighted by molar-refractivity contribution is 5.36. The zero-order chi connectivity index (χ0) is 31.3. The number of aliphatic hydroxyl groups excluding tert-OH is 1. The highest BCUT2D eigenvalue weighted by Crippen LogP contribution is 2.22. The van der Waals surface area contributed by atoms with Crippen LogP contribution in [0.15, 0.2) is 48.5 Å². The third-order valence-electron chi connectivity index (χ3n) is 4.18. The van der Waals surface area contributed by atoms with E-state index in [0.29, 0.717) is 12.8 Å². The van der Waals surface area contributed by atoms with Crippen molar-refractivity contribution in [2.45, 2.75) is 57.5 Å². The number of benzene rings is 2. The minimum absolute atomic E-state index is 0.0911. The Labute approximate surface area is 196 Å². The SMILES string of the molecule is [2H]C([2H])(CCC([2H])([2H])C([2H])([2H])OCCCCc1ccccc1)C([2H])([2H])NC([2H])([2H])C([2H])(O)c1ccc(O)c(CO)c1. The molecular weight excluding hydrogens is 378 g/mol. The molecule has 5 nitrogen and oxygen atoms in total. The molecule has 0 bridgehead atoms. The Hall–Kier alpha value is -1.92. The van der Waals surface area contributed by atoms with E-state index in [1.54, 1.807) is 5.32 Å². The van der Waals surface area contributed by atoms with Crippen molar-refractivity contribution in [3.8, 4) is 5.75 Å². The minimum atomic E-state index is -3.33. The van der Waals surface area contributed by atoms with E-state index in [0.717, 1.165) is 30.2 Å². The number of hydrogen-bond acceptors (Lipinski definition) is 5. The summed E-state index contributed by atoms with van der Waals surface area (Å²) in [5.41, 5.74) is 0.512. The van der Waals surface area contributed by atoms with Gasteiger partial charge in [-0.25, -0.2) is 0 Å². The van der Waals surface area contributed by atoms with Crippen LogP contribution in [0.2, 0.25) is 0 Å². The molecule has 2 rings (SSSR count). The molecule has 0 aliphatic heterocycles. The smallest absolute Gasteiger partial charge is 0.121 e. The summed E-state index contributed by atoms with van der Waals surface area (Å²) < 4.78 is 94.7. The van der Waals surface area contributed by atoms with Gasteiger partial charge in [-0.3, -0.25) is 0 Å². The third kappa shape index (κ3) is 9.72. The van der Waals surface area contributed by atoms with Crippen molar-refractivity contribution in [3.05, 3.63) is 65.2 Å². The summed E-state index contributed by atoms with van der Waals surface area (Å²) in [6, 6.07) is 12.6.